The molecule has 1 N–H and O–H groups in total. The number of rotatable bonds is 7. The molecular formula is C21H20FN3O4. The number of aryl methyl sites for hydroxylation is 2. The van der Waals surface area contributed by atoms with Crippen molar-refractivity contribution in [1.29, 1.82) is 0 Å². The Labute approximate surface area is 166 Å². The number of carbonyl (C=O) groups excluding carboxylic acids is 2. The Morgan fingerprint density at radius 3 is 2.69 bits per heavy atom. The van der Waals surface area contributed by atoms with Crippen LogP contribution in [0.15, 0.2) is 53.1 Å². The highest BCUT2D eigenvalue weighted by molar-refractivity contribution is 5.95. The van der Waals surface area contributed by atoms with Crippen molar-refractivity contribution in [1.82, 2.24) is 10.1 Å². The van der Waals surface area contributed by atoms with E-state index in [0.29, 0.717) is 23.0 Å². The average Bonchev–Trinajstić information content (AvgIpc) is 3.19. The summed E-state index contributed by atoms with van der Waals surface area (Å²) in [6.07, 6.45) is -0.863. The molecule has 0 fully saturated rings. The van der Waals surface area contributed by atoms with Gasteiger partial charge in [-0.25, -0.2) is 4.39 Å². The minimum atomic E-state index is -1.03. The van der Waals surface area contributed by atoms with Crippen molar-refractivity contribution in [2.45, 2.75) is 32.8 Å². The molecule has 150 valence electrons. The second-order valence-corrected chi connectivity index (χ2v) is 6.46. The number of aromatic nitrogens is 2. The van der Waals surface area contributed by atoms with Gasteiger partial charge in [0.15, 0.2) is 6.10 Å². The van der Waals surface area contributed by atoms with Crippen LogP contribution in [0, 0.1) is 12.7 Å². The topological polar surface area (TPSA) is 94.3 Å². The Morgan fingerprint density at radius 2 is 1.97 bits per heavy atom. The molecule has 0 aliphatic heterocycles. The van der Waals surface area contributed by atoms with Gasteiger partial charge in [-0.3, -0.25) is 9.59 Å². The molecule has 2 aromatic carbocycles. The van der Waals surface area contributed by atoms with E-state index >= 15 is 0 Å². The third kappa shape index (κ3) is 5.47. The number of halogens is 1. The molecule has 29 heavy (non-hydrogen) atoms. The van der Waals surface area contributed by atoms with E-state index in [9.17, 15) is 14.0 Å². The molecular weight excluding hydrogens is 377 g/mol. The molecule has 1 aromatic heterocycles. The largest absolute Gasteiger partial charge is 0.453 e. The van der Waals surface area contributed by atoms with E-state index in [1.54, 1.807) is 19.1 Å². The number of amides is 1. The number of nitrogens with zero attached hydrogens (tertiary/aromatic N) is 2. The molecule has 8 heteroatoms. The molecule has 0 aliphatic carbocycles. The Kier molecular flexibility index (Phi) is 6.33. The fraction of sp³-hybridized carbons (Fsp3) is 0.238. The molecule has 3 rings (SSSR count). The van der Waals surface area contributed by atoms with Gasteiger partial charge in [-0.05, 0) is 31.5 Å². The molecule has 0 radical (unpaired) electrons. The molecule has 1 heterocycles. The minimum absolute atomic E-state index is 0.0206. The summed E-state index contributed by atoms with van der Waals surface area (Å²) in [5.41, 5.74) is 1.57. The zero-order chi connectivity index (χ0) is 20.8. The summed E-state index contributed by atoms with van der Waals surface area (Å²) < 4.78 is 23.8. The third-order valence-electron chi connectivity index (χ3n) is 4.16. The van der Waals surface area contributed by atoms with Crippen molar-refractivity contribution in [3.8, 4) is 11.4 Å². The Balaban J connectivity index is 1.48. The Morgan fingerprint density at radius 1 is 1.21 bits per heavy atom. The van der Waals surface area contributed by atoms with E-state index in [1.165, 1.54) is 13.0 Å². The molecule has 0 unspecified atom stereocenters. The zero-order valence-electron chi connectivity index (χ0n) is 16.0. The third-order valence-corrected chi connectivity index (χ3v) is 4.16. The van der Waals surface area contributed by atoms with Crippen LogP contribution >= 0.6 is 0 Å². The van der Waals surface area contributed by atoms with E-state index in [4.69, 9.17) is 9.26 Å². The van der Waals surface area contributed by atoms with E-state index < -0.39 is 23.8 Å². The molecule has 1 atom stereocenters. The van der Waals surface area contributed by atoms with Gasteiger partial charge in [-0.2, -0.15) is 4.98 Å². The van der Waals surface area contributed by atoms with E-state index in [-0.39, 0.29) is 12.8 Å². The van der Waals surface area contributed by atoms with Gasteiger partial charge in [0.25, 0.3) is 5.91 Å². The number of hydrogen-bond donors (Lipinski definition) is 1. The second kappa shape index (κ2) is 9.09. The molecule has 3 aromatic rings. The van der Waals surface area contributed by atoms with Gasteiger partial charge in [0.1, 0.15) is 5.82 Å². The minimum Gasteiger partial charge on any atom is -0.453 e. The van der Waals surface area contributed by atoms with Crippen molar-refractivity contribution in [2.75, 3.05) is 5.32 Å². The van der Waals surface area contributed by atoms with Crippen molar-refractivity contribution in [2.24, 2.45) is 0 Å². The first-order chi connectivity index (χ1) is 13.9. The number of anilines is 1. The maximum atomic E-state index is 13.6. The maximum Gasteiger partial charge on any atom is 0.307 e. The highest BCUT2D eigenvalue weighted by Gasteiger charge is 2.19. The lowest BCUT2D eigenvalue weighted by atomic mass is 10.2. The molecule has 0 saturated carbocycles. The monoisotopic (exact) mass is 397 g/mol. The molecule has 7 nitrogen and oxygen atoms in total. The predicted octanol–water partition coefficient (Wildman–Crippen LogP) is 3.69. The summed E-state index contributed by atoms with van der Waals surface area (Å²) in [7, 11) is 0. The lowest BCUT2D eigenvalue weighted by Crippen LogP contribution is -2.30. The van der Waals surface area contributed by atoms with Crippen molar-refractivity contribution >= 4 is 17.6 Å². The van der Waals surface area contributed by atoms with E-state index in [0.717, 1.165) is 5.56 Å². The summed E-state index contributed by atoms with van der Waals surface area (Å²) in [6, 6.07) is 13.6. The standard InChI is InChI=1S/C21H20FN3O4/c1-13-8-9-16(12-17(13)22)23-21(27)14(2)28-19(26)11-10-18-24-20(25-29-18)15-6-4-3-5-7-15/h3-9,12,14H,10-11H2,1-2H3,(H,23,27)/t14-/m0/s1. The Hall–Kier alpha value is -3.55. The molecule has 0 bridgehead atoms. The number of nitrogens with one attached hydrogen (secondary N) is 1. The van der Waals surface area contributed by atoms with Crippen LogP contribution in [0.3, 0.4) is 0 Å². The molecule has 1 amide bonds. The van der Waals surface area contributed by atoms with Gasteiger partial charge >= 0.3 is 5.97 Å². The highest BCUT2D eigenvalue weighted by atomic mass is 19.1. The van der Waals surface area contributed by atoms with Gasteiger partial charge in [-0.1, -0.05) is 41.6 Å². The van der Waals surface area contributed by atoms with Crippen LogP contribution in [0.2, 0.25) is 0 Å². The lowest BCUT2D eigenvalue weighted by Gasteiger charge is -2.13. The second-order valence-electron chi connectivity index (χ2n) is 6.46. The number of hydrogen-bond acceptors (Lipinski definition) is 6. The summed E-state index contributed by atoms with van der Waals surface area (Å²) in [6.45, 7) is 3.07. The van der Waals surface area contributed by atoms with Gasteiger partial charge < -0.3 is 14.6 Å². The smallest absolute Gasteiger partial charge is 0.307 e. The van der Waals surface area contributed by atoms with E-state index in [2.05, 4.69) is 15.5 Å². The zero-order valence-corrected chi connectivity index (χ0v) is 16.0. The molecule has 0 saturated heterocycles. The fourth-order valence-corrected chi connectivity index (χ4v) is 2.49. The SMILES string of the molecule is Cc1ccc(NC(=O)[C@H](C)OC(=O)CCc2nc(-c3ccccc3)no2)cc1F. The number of benzene rings is 2. The van der Waals surface area contributed by atoms with Crippen molar-refractivity contribution < 1.29 is 23.2 Å². The van der Waals surface area contributed by atoms with Crippen LogP contribution in [-0.4, -0.2) is 28.1 Å². The normalized spacial score (nSPS) is 11.7. The van der Waals surface area contributed by atoms with Crippen LogP contribution in [0.25, 0.3) is 11.4 Å². The van der Waals surface area contributed by atoms with Gasteiger partial charge in [0, 0.05) is 17.7 Å². The van der Waals surface area contributed by atoms with E-state index in [1.807, 2.05) is 30.3 Å². The summed E-state index contributed by atoms with van der Waals surface area (Å²) >= 11 is 0. The first-order valence-electron chi connectivity index (χ1n) is 9.07. The summed E-state index contributed by atoms with van der Waals surface area (Å²) in [4.78, 5) is 28.4. The van der Waals surface area contributed by atoms with Crippen LogP contribution < -0.4 is 5.32 Å². The van der Waals surface area contributed by atoms with Crippen LogP contribution in [0.1, 0.15) is 24.8 Å². The summed E-state index contributed by atoms with van der Waals surface area (Å²) in [5, 5.41) is 6.39. The van der Waals surface area contributed by atoms with Crippen LogP contribution in [-0.2, 0) is 20.7 Å². The highest BCUT2D eigenvalue weighted by Crippen LogP contribution is 2.16. The summed E-state index contributed by atoms with van der Waals surface area (Å²) in [5.74, 6) is -0.824. The van der Waals surface area contributed by atoms with Crippen molar-refractivity contribution in [3.05, 3.63) is 65.8 Å². The number of ether oxygens (including phenoxy) is 1. The quantitative estimate of drug-likeness (QED) is 0.611. The van der Waals surface area contributed by atoms with Gasteiger partial charge in [0.2, 0.25) is 11.7 Å². The first-order valence-corrected chi connectivity index (χ1v) is 9.07. The Bertz CT molecular complexity index is 1000. The van der Waals surface area contributed by atoms with Gasteiger partial charge in [0.05, 0.1) is 6.42 Å². The van der Waals surface area contributed by atoms with Crippen LogP contribution in [0.5, 0.6) is 0 Å². The average molecular weight is 397 g/mol. The first kappa shape index (κ1) is 20.2. The number of esters is 1. The van der Waals surface area contributed by atoms with Gasteiger partial charge in [-0.15, -0.1) is 0 Å². The van der Waals surface area contributed by atoms with Crippen LogP contribution in [0.4, 0.5) is 10.1 Å². The fourth-order valence-electron chi connectivity index (χ4n) is 2.49. The molecule has 0 aliphatic rings. The molecule has 0 spiro atoms. The number of carbonyl (C=O) groups is 2. The predicted molar refractivity (Wildman–Crippen MR) is 103 cm³/mol. The lowest BCUT2D eigenvalue weighted by molar-refractivity contribution is -0.153. The van der Waals surface area contributed by atoms with Crippen molar-refractivity contribution in [3.63, 3.8) is 0 Å². The maximum absolute atomic E-state index is 13.6.